The van der Waals surface area contributed by atoms with Crippen molar-refractivity contribution in [3.8, 4) is 16.9 Å². The summed E-state index contributed by atoms with van der Waals surface area (Å²) in [6.07, 6.45) is 7.68. The Morgan fingerprint density at radius 1 is 0.833 bits per heavy atom. The molecule has 2 saturated heterocycles. The van der Waals surface area contributed by atoms with Crippen LogP contribution in [0.1, 0.15) is 54.4 Å². The maximum absolute atomic E-state index is 13.7. The zero-order chi connectivity index (χ0) is 25.1. The molecule has 2 fully saturated rings. The number of hydrogen-bond donors (Lipinski definition) is 0. The summed E-state index contributed by atoms with van der Waals surface area (Å²) in [6, 6.07) is 14.0. The number of benzene rings is 2. The zero-order valence-corrected chi connectivity index (χ0v) is 20.8. The van der Waals surface area contributed by atoms with E-state index < -0.39 is 0 Å². The molecule has 0 unspecified atom stereocenters. The summed E-state index contributed by atoms with van der Waals surface area (Å²) < 4.78 is 15.1. The van der Waals surface area contributed by atoms with Crippen molar-refractivity contribution in [2.45, 2.75) is 45.4 Å². The maximum Gasteiger partial charge on any atom is 0.257 e. The summed E-state index contributed by atoms with van der Waals surface area (Å²) in [7, 11) is 0. The molecular weight excluding hydrogens is 455 g/mol. The molecule has 0 aliphatic carbocycles. The van der Waals surface area contributed by atoms with Gasteiger partial charge in [0.25, 0.3) is 5.91 Å². The number of amides is 2. The molecule has 0 bridgehead atoms. The third-order valence-corrected chi connectivity index (χ3v) is 7.41. The van der Waals surface area contributed by atoms with Crippen LogP contribution in [0.15, 0.2) is 54.7 Å². The highest BCUT2D eigenvalue weighted by molar-refractivity contribution is 6.00. The molecule has 2 aliphatic rings. The Labute approximate surface area is 211 Å². The smallest absolute Gasteiger partial charge is 0.257 e. The standard InChI is InChI=1S/C29H33FN4O2/c1-21-6-8-22(9-7-21)27-26(20-34(31-27)25-12-10-24(30)11-13-25)29(36)33-18-14-23(15-19-33)28(35)32-16-4-2-3-5-17-32/h6-13,20,23H,2-5,14-19H2,1H3. The predicted molar refractivity (Wildman–Crippen MR) is 137 cm³/mol. The fraction of sp³-hybridized carbons (Fsp3) is 0.414. The minimum atomic E-state index is -0.321. The number of hydrogen-bond acceptors (Lipinski definition) is 3. The highest BCUT2D eigenvalue weighted by Gasteiger charge is 2.32. The van der Waals surface area contributed by atoms with Gasteiger partial charge in [-0.25, -0.2) is 9.07 Å². The van der Waals surface area contributed by atoms with E-state index in [2.05, 4.69) is 0 Å². The first kappa shape index (κ1) is 24.2. The lowest BCUT2D eigenvalue weighted by Gasteiger charge is -2.34. The molecule has 0 spiro atoms. The molecule has 2 amide bonds. The van der Waals surface area contributed by atoms with Crippen LogP contribution in [0.3, 0.4) is 0 Å². The number of likely N-dealkylation sites (tertiary alicyclic amines) is 2. The van der Waals surface area contributed by atoms with Crippen molar-refractivity contribution in [1.29, 1.82) is 0 Å². The van der Waals surface area contributed by atoms with Crippen molar-refractivity contribution >= 4 is 11.8 Å². The van der Waals surface area contributed by atoms with Gasteiger partial charge in [0.1, 0.15) is 11.5 Å². The van der Waals surface area contributed by atoms with Crippen LogP contribution < -0.4 is 0 Å². The van der Waals surface area contributed by atoms with Crippen molar-refractivity contribution in [2.75, 3.05) is 26.2 Å². The molecule has 0 N–H and O–H groups in total. The Kier molecular flexibility index (Phi) is 7.16. The van der Waals surface area contributed by atoms with Gasteiger partial charge in [-0.3, -0.25) is 9.59 Å². The van der Waals surface area contributed by atoms with Crippen LogP contribution in [0.5, 0.6) is 0 Å². The van der Waals surface area contributed by atoms with Crippen LogP contribution in [-0.2, 0) is 4.79 Å². The lowest BCUT2D eigenvalue weighted by Crippen LogP contribution is -2.44. The first-order valence-electron chi connectivity index (χ1n) is 13.0. The molecule has 0 atom stereocenters. The van der Waals surface area contributed by atoms with Crippen molar-refractivity contribution in [2.24, 2.45) is 5.92 Å². The van der Waals surface area contributed by atoms with Gasteiger partial charge in [-0.05, 0) is 56.9 Å². The second-order valence-electron chi connectivity index (χ2n) is 9.98. The van der Waals surface area contributed by atoms with Crippen LogP contribution >= 0.6 is 0 Å². The van der Waals surface area contributed by atoms with E-state index in [9.17, 15) is 14.0 Å². The number of nitrogens with zero attached hydrogens (tertiary/aromatic N) is 4. The van der Waals surface area contributed by atoms with Crippen molar-refractivity contribution in [3.05, 3.63) is 71.7 Å². The van der Waals surface area contributed by atoms with Crippen LogP contribution in [0.4, 0.5) is 4.39 Å². The minimum absolute atomic E-state index is 0.00865. The fourth-order valence-corrected chi connectivity index (χ4v) is 5.23. The van der Waals surface area contributed by atoms with E-state index in [4.69, 9.17) is 5.10 Å². The van der Waals surface area contributed by atoms with Crippen LogP contribution in [-0.4, -0.2) is 57.6 Å². The minimum Gasteiger partial charge on any atom is -0.342 e. The molecule has 2 aliphatic heterocycles. The van der Waals surface area contributed by atoms with Gasteiger partial charge in [0.05, 0.1) is 11.3 Å². The Balaban J connectivity index is 1.35. The molecular formula is C29H33FN4O2. The van der Waals surface area contributed by atoms with Crippen LogP contribution in [0.25, 0.3) is 16.9 Å². The molecule has 6 nitrogen and oxygen atoms in total. The highest BCUT2D eigenvalue weighted by Crippen LogP contribution is 2.28. The SMILES string of the molecule is Cc1ccc(-c2nn(-c3ccc(F)cc3)cc2C(=O)N2CCC(C(=O)N3CCCCCC3)CC2)cc1. The summed E-state index contributed by atoms with van der Waals surface area (Å²) in [5.74, 6) is -0.155. The van der Waals surface area contributed by atoms with Gasteiger partial charge in [0.2, 0.25) is 5.91 Å². The lowest BCUT2D eigenvalue weighted by molar-refractivity contribution is -0.136. The fourth-order valence-electron chi connectivity index (χ4n) is 5.23. The Bertz CT molecular complexity index is 1200. The topological polar surface area (TPSA) is 58.4 Å². The zero-order valence-electron chi connectivity index (χ0n) is 20.8. The van der Waals surface area contributed by atoms with Crippen molar-refractivity contribution in [3.63, 3.8) is 0 Å². The molecule has 1 aromatic heterocycles. The quantitative estimate of drug-likeness (QED) is 0.505. The maximum atomic E-state index is 13.7. The summed E-state index contributed by atoms with van der Waals surface area (Å²) >= 11 is 0. The first-order chi connectivity index (χ1) is 17.5. The average Bonchev–Trinajstić information content (AvgIpc) is 3.16. The van der Waals surface area contributed by atoms with E-state index in [1.54, 1.807) is 23.0 Å². The van der Waals surface area contributed by atoms with Gasteiger partial charge in [0.15, 0.2) is 0 Å². The molecule has 36 heavy (non-hydrogen) atoms. The summed E-state index contributed by atoms with van der Waals surface area (Å²) in [6.45, 7) is 4.85. The van der Waals surface area contributed by atoms with Crippen molar-refractivity contribution in [1.82, 2.24) is 19.6 Å². The molecule has 3 aromatic rings. The summed E-state index contributed by atoms with van der Waals surface area (Å²) in [5.41, 5.74) is 3.79. The van der Waals surface area contributed by atoms with Gasteiger partial charge in [-0.15, -0.1) is 0 Å². The molecule has 2 aromatic carbocycles. The predicted octanol–water partition coefficient (Wildman–Crippen LogP) is 5.24. The molecule has 5 rings (SSSR count). The van der Waals surface area contributed by atoms with Gasteiger partial charge in [-0.1, -0.05) is 42.7 Å². The number of piperidine rings is 1. The number of carbonyl (C=O) groups is 2. The van der Waals surface area contributed by atoms with E-state index in [1.807, 2.05) is 41.0 Å². The molecule has 3 heterocycles. The van der Waals surface area contributed by atoms with Crippen LogP contribution in [0, 0.1) is 18.7 Å². The molecule has 0 radical (unpaired) electrons. The van der Waals surface area contributed by atoms with Gasteiger partial charge in [0, 0.05) is 43.9 Å². The third-order valence-electron chi connectivity index (χ3n) is 7.41. The molecule has 0 saturated carbocycles. The molecule has 7 heteroatoms. The van der Waals surface area contributed by atoms with Crippen LogP contribution in [0.2, 0.25) is 0 Å². The number of aromatic nitrogens is 2. The number of carbonyl (C=O) groups excluding carboxylic acids is 2. The number of halogens is 1. The number of rotatable bonds is 4. The summed E-state index contributed by atoms with van der Waals surface area (Å²) in [4.78, 5) is 30.7. The number of aryl methyl sites for hydroxylation is 1. The second-order valence-corrected chi connectivity index (χ2v) is 9.98. The normalized spacial score (nSPS) is 17.2. The Morgan fingerprint density at radius 2 is 1.47 bits per heavy atom. The average molecular weight is 489 g/mol. The van der Waals surface area contributed by atoms with E-state index in [-0.39, 0.29) is 23.5 Å². The first-order valence-corrected chi connectivity index (χ1v) is 13.0. The van der Waals surface area contributed by atoms with E-state index in [0.717, 1.165) is 37.1 Å². The second kappa shape index (κ2) is 10.6. The van der Waals surface area contributed by atoms with Crippen molar-refractivity contribution < 1.29 is 14.0 Å². The Morgan fingerprint density at radius 3 is 2.11 bits per heavy atom. The van der Waals surface area contributed by atoms with Gasteiger partial charge < -0.3 is 9.80 Å². The Hall–Kier alpha value is -3.48. The lowest BCUT2D eigenvalue weighted by atomic mass is 9.94. The van der Waals surface area contributed by atoms with E-state index in [1.165, 1.54) is 25.0 Å². The van der Waals surface area contributed by atoms with Gasteiger partial charge >= 0.3 is 0 Å². The largest absolute Gasteiger partial charge is 0.342 e. The monoisotopic (exact) mass is 488 g/mol. The molecule has 188 valence electrons. The summed E-state index contributed by atoms with van der Waals surface area (Å²) in [5, 5.41) is 4.73. The van der Waals surface area contributed by atoms with E-state index in [0.29, 0.717) is 42.9 Å². The highest BCUT2D eigenvalue weighted by atomic mass is 19.1. The third kappa shape index (κ3) is 5.20. The van der Waals surface area contributed by atoms with E-state index >= 15 is 0 Å². The van der Waals surface area contributed by atoms with Gasteiger partial charge in [-0.2, -0.15) is 5.10 Å².